The molecule has 3 heterocycles. The maximum absolute atomic E-state index is 3.61. The van der Waals surface area contributed by atoms with Gasteiger partial charge in [-0.3, -0.25) is 0 Å². The van der Waals surface area contributed by atoms with Gasteiger partial charge < -0.3 is 9.97 Å². The molecule has 2 aromatic heterocycles. The standard InChI is InChI=1S/C24H16N2S2/c1-3-7-15-13(5-1)21-17(25-15)9-11-19-23(21)27-20-12-10-18-22(24(20)28-19)14-6-2-4-8-16(14)26-18/h1-12,19,23,25-26H. The minimum absolute atomic E-state index is 0.441. The molecule has 2 aliphatic rings. The zero-order valence-electron chi connectivity index (χ0n) is 14.9. The van der Waals surface area contributed by atoms with Crippen molar-refractivity contribution in [2.75, 3.05) is 0 Å². The molecule has 2 atom stereocenters. The lowest BCUT2D eigenvalue weighted by Crippen LogP contribution is -2.17. The Balaban J connectivity index is 1.46. The predicted molar refractivity (Wildman–Crippen MR) is 121 cm³/mol. The summed E-state index contributed by atoms with van der Waals surface area (Å²) in [7, 11) is 0. The van der Waals surface area contributed by atoms with Gasteiger partial charge in [-0.05, 0) is 35.9 Å². The van der Waals surface area contributed by atoms with E-state index in [0.29, 0.717) is 10.5 Å². The molecule has 0 saturated carbocycles. The molecule has 1 aliphatic carbocycles. The van der Waals surface area contributed by atoms with Crippen molar-refractivity contribution in [3.8, 4) is 0 Å². The summed E-state index contributed by atoms with van der Waals surface area (Å²) in [6.45, 7) is 0. The Bertz CT molecular complexity index is 1440. The first-order valence-corrected chi connectivity index (χ1v) is 11.3. The molecular weight excluding hydrogens is 380 g/mol. The predicted octanol–water partition coefficient (Wildman–Crippen LogP) is 7.14. The number of thioether (sulfide) groups is 2. The first kappa shape index (κ1) is 15.4. The van der Waals surface area contributed by atoms with Crippen LogP contribution in [0.5, 0.6) is 0 Å². The SMILES string of the molecule is C1=CC2Sc3c(ccc4[nH]c5ccccc5c34)SC2c2c1[nH]c1ccccc21. The Labute approximate surface area is 170 Å². The summed E-state index contributed by atoms with van der Waals surface area (Å²) in [5, 5.41) is 4.96. The van der Waals surface area contributed by atoms with Crippen LogP contribution in [0.3, 0.4) is 0 Å². The maximum atomic E-state index is 3.61. The number of nitrogens with one attached hydrogen (secondary N) is 2. The van der Waals surface area contributed by atoms with Crippen LogP contribution < -0.4 is 0 Å². The Morgan fingerprint density at radius 2 is 1.50 bits per heavy atom. The van der Waals surface area contributed by atoms with Gasteiger partial charge in [0.2, 0.25) is 0 Å². The fourth-order valence-corrected chi connectivity index (χ4v) is 7.74. The lowest BCUT2D eigenvalue weighted by molar-refractivity contribution is 0.960. The van der Waals surface area contributed by atoms with E-state index in [1.54, 1.807) is 0 Å². The van der Waals surface area contributed by atoms with Gasteiger partial charge in [-0.15, -0.1) is 23.5 Å². The van der Waals surface area contributed by atoms with Crippen LogP contribution in [0, 0.1) is 0 Å². The van der Waals surface area contributed by atoms with E-state index in [1.807, 2.05) is 23.5 Å². The number of benzene rings is 3. The number of fused-ring (bicyclic) bond motifs is 10. The van der Waals surface area contributed by atoms with E-state index in [-0.39, 0.29) is 0 Å². The highest BCUT2D eigenvalue weighted by molar-refractivity contribution is 8.06. The van der Waals surface area contributed by atoms with Gasteiger partial charge in [0.1, 0.15) is 0 Å². The quantitative estimate of drug-likeness (QED) is 0.291. The first-order chi connectivity index (χ1) is 13.9. The molecular formula is C24H16N2S2. The van der Waals surface area contributed by atoms with E-state index in [4.69, 9.17) is 0 Å². The van der Waals surface area contributed by atoms with E-state index in [2.05, 4.69) is 82.8 Å². The van der Waals surface area contributed by atoms with Crippen LogP contribution in [0.1, 0.15) is 16.5 Å². The molecule has 2 N–H and O–H groups in total. The summed E-state index contributed by atoms with van der Waals surface area (Å²) < 4.78 is 0. The molecule has 2 unspecified atom stereocenters. The molecule has 5 aromatic rings. The van der Waals surface area contributed by atoms with Crippen LogP contribution in [0.4, 0.5) is 0 Å². The molecule has 0 amide bonds. The highest BCUT2D eigenvalue weighted by Gasteiger charge is 2.36. The van der Waals surface area contributed by atoms with Crippen LogP contribution >= 0.6 is 23.5 Å². The van der Waals surface area contributed by atoms with Crippen LogP contribution in [0.2, 0.25) is 0 Å². The van der Waals surface area contributed by atoms with Crippen molar-refractivity contribution < 1.29 is 0 Å². The second-order valence-corrected chi connectivity index (χ2v) is 9.84. The second kappa shape index (κ2) is 5.49. The summed E-state index contributed by atoms with van der Waals surface area (Å²) in [6, 6.07) is 21.9. The zero-order chi connectivity index (χ0) is 18.2. The van der Waals surface area contributed by atoms with Crippen molar-refractivity contribution in [2.24, 2.45) is 0 Å². The molecule has 3 aromatic carbocycles. The van der Waals surface area contributed by atoms with Gasteiger partial charge in [-0.2, -0.15) is 0 Å². The van der Waals surface area contributed by atoms with Gasteiger partial charge in [0.25, 0.3) is 0 Å². The maximum Gasteiger partial charge on any atom is 0.0529 e. The van der Waals surface area contributed by atoms with E-state index >= 15 is 0 Å². The third-order valence-electron chi connectivity index (χ3n) is 5.91. The molecule has 0 bridgehead atoms. The fourth-order valence-electron chi connectivity index (χ4n) is 4.68. The van der Waals surface area contributed by atoms with Crippen molar-refractivity contribution in [1.29, 1.82) is 0 Å². The third-order valence-corrected chi connectivity index (χ3v) is 8.95. The highest BCUT2D eigenvalue weighted by atomic mass is 32.2. The van der Waals surface area contributed by atoms with Gasteiger partial charge in [0.15, 0.2) is 0 Å². The van der Waals surface area contributed by atoms with E-state index < -0.39 is 0 Å². The number of aromatic amines is 2. The molecule has 0 spiro atoms. The van der Waals surface area contributed by atoms with Crippen molar-refractivity contribution in [3.63, 3.8) is 0 Å². The Morgan fingerprint density at radius 3 is 2.39 bits per heavy atom. The molecule has 0 radical (unpaired) electrons. The largest absolute Gasteiger partial charge is 0.355 e. The van der Waals surface area contributed by atoms with Crippen LogP contribution in [-0.2, 0) is 0 Å². The van der Waals surface area contributed by atoms with Gasteiger partial charge in [0.05, 0.1) is 5.25 Å². The van der Waals surface area contributed by atoms with Crippen LogP contribution in [0.15, 0.2) is 76.5 Å². The molecule has 0 fully saturated rings. The molecule has 0 saturated heterocycles. The average molecular weight is 397 g/mol. The summed E-state index contributed by atoms with van der Waals surface area (Å²) in [6.07, 6.45) is 4.67. The fraction of sp³-hybridized carbons (Fsp3) is 0.0833. The van der Waals surface area contributed by atoms with Gasteiger partial charge >= 0.3 is 0 Å². The minimum Gasteiger partial charge on any atom is -0.355 e. The normalized spacial score (nSPS) is 20.4. The third kappa shape index (κ3) is 1.97. The van der Waals surface area contributed by atoms with Gasteiger partial charge in [-0.1, -0.05) is 42.5 Å². The van der Waals surface area contributed by atoms with E-state index in [9.17, 15) is 0 Å². The molecule has 7 rings (SSSR count). The van der Waals surface area contributed by atoms with Crippen molar-refractivity contribution in [1.82, 2.24) is 9.97 Å². The molecule has 4 heteroatoms. The highest BCUT2D eigenvalue weighted by Crippen LogP contribution is 2.58. The van der Waals surface area contributed by atoms with Gasteiger partial charge in [-0.25, -0.2) is 0 Å². The summed E-state index contributed by atoms with van der Waals surface area (Å²) in [5.74, 6) is 0. The van der Waals surface area contributed by atoms with E-state index in [1.165, 1.54) is 53.8 Å². The zero-order valence-corrected chi connectivity index (χ0v) is 16.5. The lowest BCUT2D eigenvalue weighted by Gasteiger charge is -2.33. The number of H-pyrrole nitrogens is 2. The number of hydrogen-bond acceptors (Lipinski definition) is 2. The number of aromatic nitrogens is 2. The summed E-state index contributed by atoms with van der Waals surface area (Å²) in [5.41, 5.74) is 6.43. The molecule has 1 aliphatic heterocycles. The molecule has 2 nitrogen and oxygen atoms in total. The van der Waals surface area contributed by atoms with E-state index in [0.717, 1.165) is 0 Å². The second-order valence-electron chi connectivity index (χ2n) is 7.46. The molecule has 28 heavy (non-hydrogen) atoms. The van der Waals surface area contributed by atoms with Crippen molar-refractivity contribution >= 4 is 62.3 Å². The van der Waals surface area contributed by atoms with Crippen molar-refractivity contribution in [2.45, 2.75) is 20.3 Å². The number of para-hydroxylation sites is 2. The summed E-state index contributed by atoms with van der Waals surface area (Å²) >= 11 is 4.05. The van der Waals surface area contributed by atoms with Gasteiger partial charge in [0, 0.05) is 53.4 Å². The molecule has 134 valence electrons. The number of hydrogen-bond donors (Lipinski definition) is 2. The monoisotopic (exact) mass is 396 g/mol. The first-order valence-electron chi connectivity index (χ1n) is 9.52. The Morgan fingerprint density at radius 1 is 0.714 bits per heavy atom. The van der Waals surface area contributed by atoms with Crippen LogP contribution in [0.25, 0.3) is 38.8 Å². The number of rotatable bonds is 0. The Hall–Kier alpha value is -2.56. The van der Waals surface area contributed by atoms with Crippen molar-refractivity contribution in [3.05, 3.63) is 78.0 Å². The average Bonchev–Trinajstić information content (AvgIpc) is 3.30. The Kier molecular flexibility index (Phi) is 3.02. The summed E-state index contributed by atoms with van der Waals surface area (Å²) in [4.78, 5) is 10.0. The smallest absolute Gasteiger partial charge is 0.0529 e. The lowest BCUT2D eigenvalue weighted by atomic mass is 10.00. The van der Waals surface area contributed by atoms with Crippen LogP contribution in [-0.4, -0.2) is 15.2 Å². The topological polar surface area (TPSA) is 31.6 Å². The minimum atomic E-state index is 0.441.